The molecule has 0 spiro atoms. The number of methoxy groups -OCH3 is 1. The number of rotatable bonds is 9. The van der Waals surface area contributed by atoms with E-state index in [4.69, 9.17) is 25.8 Å². The lowest BCUT2D eigenvalue weighted by Crippen LogP contribution is -2.05. The van der Waals surface area contributed by atoms with Crippen LogP contribution < -0.4 is 14.8 Å². The summed E-state index contributed by atoms with van der Waals surface area (Å²) in [5, 5.41) is 3.80. The Hall–Kier alpha value is -3.18. The highest BCUT2D eigenvalue weighted by atomic mass is 35.5. The van der Waals surface area contributed by atoms with Gasteiger partial charge in [0.15, 0.2) is 11.5 Å². The largest absolute Gasteiger partial charge is 0.493 e. The van der Waals surface area contributed by atoms with Crippen molar-refractivity contribution in [1.29, 1.82) is 0 Å². The molecule has 0 aliphatic carbocycles. The third-order valence-electron chi connectivity index (χ3n) is 4.65. The predicted octanol–water partition coefficient (Wildman–Crippen LogP) is 6.02. The van der Waals surface area contributed by atoms with Gasteiger partial charge in [-0.25, -0.2) is 4.79 Å². The van der Waals surface area contributed by atoms with Gasteiger partial charge in [0.1, 0.15) is 6.61 Å². The molecule has 0 aliphatic heterocycles. The van der Waals surface area contributed by atoms with Crippen LogP contribution in [0.15, 0.2) is 60.7 Å². The van der Waals surface area contributed by atoms with E-state index < -0.39 is 0 Å². The fourth-order valence-corrected chi connectivity index (χ4v) is 3.40. The number of carbonyl (C=O) groups is 1. The summed E-state index contributed by atoms with van der Waals surface area (Å²) in [6, 6.07) is 19.0. The molecule has 0 atom stereocenters. The van der Waals surface area contributed by atoms with Crippen LogP contribution in [-0.4, -0.2) is 19.7 Å². The lowest BCUT2D eigenvalue weighted by Gasteiger charge is -2.15. The van der Waals surface area contributed by atoms with Crippen molar-refractivity contribution in [3.8, 4) is 11.5 Å². The standard InChI is InChI=1S/C25H26ClNO4/c1-4-30-25(28)20-8-10-21(11-9-20)27-15-19-13-22(26)24(23(14-19)29-3)31-16-18-7-5-6-17(2)12-18/h5-14,27H,4,15-16H2,1-3H3. The third-order valence-corrected chi connectivity index (χ3v) is 4.93. The van der Waals surface area contributed by atoms with Gasteiger partial charge in [-0.1, -0.05) is 41.4 Å². The minimum Gasteiger partial charge on any atom is -0.493 e. The molecule has 3 rings (SSSR count). The maximum Gasteiger partial charge on any atom is 0.338 e. The Morgan fingerprint density at radius 3 is 2.48 bits per heavy atom. The quantitative estimate of drug-likeness (QED) is 0.413. The number of nitrogens with one attached hydrogen (secondary N) is 1. The van der Waals surface area contributed by atoms with Crippen LogP contribution in [0.3, 0.4) is 0 Å². The second kappa shape index (κ2) is 10.7. The Bertz CT molecular complexity index is 1030. The van der Waals surface area contributed by atoms with Gasteiger partial charge < -0.3 is 19.5 Å². The molecule has 0 saturated carbocycles. The van der Waals surface area contributed by atoms with E-state index >= 15 is 0 Å². The highest BCUT2D eigenvalue weighted by Gasteiger charge is 2.13. The molecule has 5 nitrogen and oxygen atoms in total. The van der Waals surface area contributed by atoms with Crippen molar-refractivity contribution in [2.75, 3.05) is 19.0 Å². The van der Waals surface area contributed by atoms with Crippen molar-refractivity contribution in [2.24, 2.45) is 0 Å². The molecule has 3 aromatic carbocycles. The summed E-state index contributed by atoms with van der Waals surface area (Å²) >= 11 is 6.49. The van der Waals surface area contributed by atoms with E-state index in [0.717, 1.165) is 16.8 Å². The summed E-state index contributed by atoms with van der Waals surface area (Å²) in [6.45, 7) is 5.12. The Morgan fingerprint density at radius 1 is 1.03 bits per heavy atom. The number of halogens is 1. The molecular formula is C25H26ClNO4. The molecule has 0 bridgehead atoms. The predicted molar refractivity (Wildman–Crippen MR) is 123 cm³/mol. The number of benzene rings is 3. The first-order chi connectivity index (χ1) is 15.0. The maximum atomic E-state index is 11.8. The third kappa shape index (κ3) is 6.15. The second-order valence-electron chi connectivity index (χ2n) is 7.04. The molecule has 0 amide bonds. The monoisotopic (exact) mass is 439 g/mol. The van der Waals surface area contributed by atoms with E-state index in [-0.39, 0.29) is 5.97 Å². The fourth-order valence-electron chi connectivity index (χ4n) is 3.12. The molecule has 0 saturated heterocycles. The molecule has 0 unspecified atom stereocenters. The molecule has 0 aromatic heterocycles. The van der Waals surface area contributed by atoms with Crippen LogP contribution in [0, 0.1) is 6.92 Å². The van der Waals surface area contributed by atoms with Crippen molar-refractivity contribution in [3.63, 3.8) is 0 Å². The summed E-state index contributed by atoms with van der Waals surface area (Å²) in [4.78, 5) is 11.8. The zero-order chi connectivity index (χ0) is 22.2. The average Bonchev–Trinajstić information content (AvgIpc) is 2.77. The minimum atomic E-state index is -0.327. The van der Waals surface area contributed by atoms with Gasteiger partial charge in [-0.05, 0) is 61.4 Å². The van der Waals surface area contributed by atoms with Crippen LogP contribution in [0.5, 0.6) is 11.5 Å². The molecule has 0 fully saturated rings. The zero-order valence-corrected chi connectivity index (χ0v) is 18.7. The molecular weight excluding hydrogens is 414 g/mol. The van der Waals surface area contributed by atoms with Gasteiger partial charge in [0.2, 0.25) is 0 Å². The Kier molecular flexibility index (Phi) is 7.79. The van der Waals surface area contributed by atoms with Gasteiger partial charge in [0.05, 0.1) is 24.3 Å². The van der Waals surface area contributed by atoms with Gasteiger partial charge in [0.25, 0.3) is 0 Å². The normalized spacial score (nSPS) is 10.5. The van der Waals surface area contributed by atoms with Crippen molar-refractivity contribution in [1.82, 2.24) is 0 Å². The molecule has 162 valence electrons. The Morgan fingerprint density at radius 2 is 1.81 bits per heavy atom. The summed E-state index contributed by atoms with van der Waals surface area (Å²) in [6.07, 6.45) is 0. The first-order valence-corrected chi connectivity index (χ1v) is 10.4. The van der Waals surface area contributed by atoms with E-state index in [1.54, 1.807) is 26.2 Å². The molecule has 0 radical (unpaired) electrons. The van der Waals surface area contributed by atoms with Gasteiger partial charge in [0, 0.05) is 12.2 Å². The number of anilines is 1. The van der Waals surface area contributed by atoms with Crippen LogP contribution in [0.1, 0.15) is 34.0 Å². The van der Waals surface area contributed by atoms with Gasteiger partial charge in [-0.15, -0.1) is 0 Å². The van der Waals surface area contributed by atoms with Crippen molar-refractivity contribution < 1.29 is 19.0 Å². The Labute approximate surface area is 187 Å². The lowest BCUT2D eigenvalue weighted by molar-refractivity contribution is 0.0526. The summed E-state index contributed by atoms with van der Waals surface area (Å²) in [5.41, 5.74) is 4.58. The van der Waals surface area contributed by atoms with Gasteiger partial charge in [-0.3, -0.25) is 0 Å². The number of hydrogen-bond donors (Lipinski definition) is 1. The number of hydrogen-bond acceptors (Lipinski definition) is 5. The smallest absolute Gasteiger partial charge is 0.338 e. The number of ether oxygens (including phenoxy) is 3. The fraction of sp³-hybridized carbons (Fsp3) is 0.240. The molecule has 0 heterocycles. The molecule has 6 heteroatoms. The first-order valence-electron chi connectivity index (χ1n) is 10.1. The van der Waals surface area contributed by atoms with E-state index in [1.807, 2.05) is 49.4 Å². The van der Waals surface area contributed by atoms with Crippen molar-refractivity contribution >= 4 is 23.3 Å². The summed E-state index contributed by atoms with van der Waals surface area (Å²) in [5.74, 6) is 0.773. The minimum absolute atomic E-state index is 0.327. The van der Waals surface area contributed by atoms with Crippen LogP contribution in [0.25, 0.3) is 0 Å². The molecule has 1 N–H and O–H groups in total. The number of esters is 1. The van der Waals surface area contributed by atoms with Gasteiger partial charge in [-0.2, -0.15) is 0 Å². The molecule has 31 heavy (non-hydrogen) atoms. The van der Waals surface area contributed by atoms with Crippen LogP contribution in [0.2, 0.25) is 5.02 Å². The van der Waals surface area contributed by atoms with Crippen molar-refractivity contribution in [2.45, 2.75) is 27.0 Å². The summed E-state index contributed by atoms with van der Waals surface area (Å²) in [7, 11) is 1.59. The van der Waals surface area contributed by atoms with Crippen LogP contribution in [-0.2, 0) is 17.9 Å². The number of aryl methyl sites for hydroxylation is 1. The lowest BCUT2D eigenvalue weighted by atomic mass is 10.1. The topological polar surface area (TPSA) is 56.8 Å². The van der Waals surface area contributed by atoms with Crippen LogP contribution in [0.4, 0.5) is 5.69 Å². The maximum absolute atomic E-state index is 11.8. The van der Waals surface area contributed by atoms with Crippen LogP contribution >= 0.6 is 11.6 Å². The van der Waals surface area contributed by atoms with Crippen molar-refractivity contribution in [3.05, 3.63) is 87.9 Å². The molecule has 3 aromatic rings. The summed E-state index contributed by atoms with van der Waals surface area (Å²) < 4.78 is 16.5. The van der Waals surface area contributed by atoms with E-state index in [2.05, 4.69) is 11.4 Å². The van der Waals surface area contributed by atoms with E-state index in [0.29, 0.717) is 41.8 Å². The first kappa shape index (κ1) is 22.5. The highest BCUT2D eigenvalue weighted by Crippen LogP contribution is 2.37. The highest BCUT2D eigenvalue weighted by molar-refractivity contribution is 6.32. The van der Waals surface area contributed by atoms with Gasteiger partial charge >= 0.3 is 5.97 Å². The molecule has 0 aliphatic rings. The second-order valence-corrected chi connectivity index (χ2v) is 7.45. The van der Waals surface area contributed by atoms with E-state index in [9.17, 15) is 4.79 Å². The Balaban J connectivity index is 1.66. The zero-order valence-electron chi connectivity index (χ0n) is 17.9. The van der Waals surface area contributed by atoms with E-state index in [1.165, 1.54) is 5.56 Å². The number of carbonyl (C=O) groups excluding carboxylic acids is 1. The average molecular weight is 440 g/mol. The SMILES string of the molecule is CCOC(=O)c1ccc(NCc2cc(Cl)c(OCc3cccc(C)c3)c(OC)c2)cc1.